The lowest BCUT2D eigenvalue weighted by molar-refractivity contribution is -0.167. The van der Waals surface area contributed by atoms with Crippen LogP contribution in [0.3, 0.4) is 0 Å². The molecule has 394 valence electrons. The number of hydrogen-bond acceptors (Lipinski definition) is 6. The van der Waals surface area contributed by atoms with Crippen molar-refractivity contribution in [2.45, 2.75) is 271 Å². The van der Waals surface area contributed by atoms with Gasteiger partial charge in [0.15, 0.2) is 6.10 Å². The Hall–Kier alpha value is -3.67. The third-order valence-electron chi connectivity index (χ3n) is 12.1. The van der Waals surface area contributed by atoms with E-state index in [4.69, 9.17) is 14.2 Å². The number of rotatable bonds is 51. The molecular formula is C63H106O6. The summed E-state index contributed by atoms with van der Waals surface area (Å²) in [5.74, 6) is -0.901. The van der Waals surface area contributed by atoms with Gasteiger partial charge in [0.2, 0.25) is 0 Å². The number of carbonyl (C=O) groups excluding carboxylic acids is 3. The number of esters is 3. The van der Waals surface area contributed by atoms with E-state index in [0.29, 0.717) is 19.3 Å². The van der Waals surface area contributed by atoms with Crippen LogP contribution in [0.1, 0.15) is 265 Å². The summed E-state index contributed by atoms with van der Waals surface area (Å²) in [7, 11) is 0. The maximum Gasteiger partial charge on any atom is 0.306 e. The van der Waals surface area contributed by atoms with Gasteiger partial charge in [-0.1, -0.05) is 246 Å². The Morgan fingerprint density at radius 3 is 0.884 bits per heavy atom. The van der Waals surface area contributed by atoms with Crippen molar-refractivity contribution in [2.75, 3.05) is 13.2 Å². The molecule has 0 amide bonds. The Bertz CT molecular complexity index is 1380. The fraction of sp³-hybridized carbons (Fsp3) is 0.698. The van der Waals surface area contributed by atoms with E-state index < -0.39 is 6.10 Å². The van der Waals surface area contributed by atoms with Gasteiger partial charge in [0.25, 0.3) is 0 Å². The molecular weight excluding hydrogens is 853 g/mol. The van der Waals surface area contributed by atoms with Gasteiger partial charge in [0, 0.05) is 19.3 Å². The van der Waals surface area contributed by atoms with E-state index in [9.17, 15) is 14.4 Å². The number of ether oxygens (including phenoxy) is 3. The lowest BCUT2D eigenvalue weighted by atomic mass is 10.1. The van der Waals surface area contributed by atoms with E-state index in [0.717, 1.165) is 122 Å². The molecule has 0 aromatic carbocycles. The molecule has 0 fully saturated rings. The van der Waals surface area contributed by atoms with Crippen LogP contribution < -0.4 is 0 Å². The quantitative estimate of drug-likeness (QED) is 0.0262. The van der Waals surface area contributed by atoms with Crippen LogP contribution in [0.2, 0.25) is 0 Å². The molecule has 0 saturated heterocycles. The first-order chi connectivity index (χ1) is 34.0. The van der Waals surface area contributed by atoms with Gasteiger partial charge in [0.1, 0.15) is 13.2 Å². The first-order valence-corrected chi connectivity index (χ1v) is 28.7. The van der Waals surface area contributed by atoms with Gasteiger partial charge in [-0.3, -0.25) is 14.4 Å². The SMILES string of the molecule is CC/C=C\C/C=C\C/C=C\C/C=C\CCCCCCCCCCCCC(=O)OCC(COC(=O)CCCCCCCCCCC)OC(=O)CCCCCCCC/C=C\C/C=C\C/C=C\C/C=C\CC. The molecule has 6 heteroatoms. The van der Waals surface area contributed by atoms with Crippen molar-refractivity contribution in [1.29, 1.82) is 0 Å². The van der Waals surface area contributed by atoms with E-state index in [2.05, 4.69) is 118 Å². The number of unbranched alkanes of at least 4 members (excludes halogenated alkanes) is 24. The highest BCUT2D eigenvalue weighted by Gasteiger charge is 2.19. The van der Waals surface area contributed by atoms with E-state index >= 15 is 0 Å². The van der Waals surface area contributed by atoms with Gasteiger partial charge in [0.05, 0.1) is 0 Å². The van der Waals surface area contributed by atoms with E-state index in [-0.39, 0.29) is 31.1 Å². The minimum absolute atomic E-state index is 0.0835. The summed E-state index contributed by atoms with van der Waals surface area (Å²) in [5.41, 5.74) is 0. The van der Waals surface area contributed by atoms with Gasteiger partial charge in [-0.2, -0.15) is 0 Å². The largest absolute Gasteiger partial charge is 0.462 e. The van der Waals surface area contributed by atoms with Crippen molar-refractivity contribution in [3.8, 4) is 0 Å². The van der Waals surface area contributed by atoms with Crippen molar-refractivity contribution < 1.29 is 28.6 Å². The second kappa shape index (κ2) is 56.9. The zero-order chi connectivity index (χ0) is 50.0. The second-order valence-corrected chi connectivity index (χ2v) is 18.8. The first kappa shape index (κ1) is 65.3. The summed E-state index contributed by atoms with van der Waals surface area (Å²) in [5, 5.41) is 0. The van der Waals surface area contributed by atoms with Gasteiger partial charge >= 0.3 is 17.9 Å². The molecule has 0 rings (SSSR count). The second-order valence-electron chi connectivity index (χ2n) is 18.8. The van der Waals surface area contributed by atoms with E-state index in [1.165, 1.54) is 103 Å². The average Bonchev–Trinajstić information content (AvgIpc) is 3.35. The summed E-state index contributed by atoms with van der Waals surface area (Å²) in [6, 6.07) is 0. The Morgan fingerprint density at radius 1 is 0.304 bits per heavy atom. The molecule has 0 aliphatic rings. The summed E-state index contributed by atoms with van der Waals surface area (Å²) in [4.78, 5) is 38.1. The van der Waals surface area contributed by atoms with Gasteiger partial charge in [-0.25, -0.2) is 0 Å². The molecule has 69 heavy (non-hydrogen) atoms. The molecule has 0 saturated carbocycles. The van der Waals surface area contributed by atoms with Gasteiger partial charge in [-0.05, 0) is 96.3 Å². The molecule has 0 aliphatic carbocycles. The summed E-state index contributed by atoms with van der Waals surface area (Å²) in [6.45, 7) is 6.39. The standard InChI is InChI=1S/C63H106O6/c1-4-7-10-13-16-19-21-23-25-27-29-30-31-32-34-35-37-39-41-44-47-50-53-56-62(65)68-59-60(58-67-61(64)55-52-49-46-43-18-15-12-9-6-3)69-63(66)57-54-51-48-45-42-40-38-36-33-28-26-24-22-20-17-14-11-8-5-2/h7-8,10-11,16-17,19-20,23-26,29-30,33,36,60H,4-6,9,12-15,18,21-22,27-28,31-32,34-35,37-59H2,1-3H3/b10-7-,11-8-,19-16-,20-17-,25-23-,26-24-,30-29-,36-33-. The van der Waals surface area contributed by atoms with Crippen LogP contribution in [0, 0.1) is 0 Å². The zero-order valence-electron chi connectivity index (χ0n) is 45.0. The van der Waals surface area contributed by atoms with Crippen molar-refractivity contribution >= 4 is 17.9 Å². The Balaban J connectivity index is 4.30. The normalized spacial score (nSPS) is 12.8. The highest BCUT2D eigenvalue weighted by Crippen LogP contribution is 2.15. The summed E-state index contributed by atoms with van der Waals surface area (Å²) in [6.07, 6.45) is 75.5. The molecule has 0 spiro atoms. The topological polar surface area (TPSA) is 78.9 Å². The van der Waals surface area contributed by atoms with Gasteiger partial charge in [-0.15, -0.1) is 0 Å². The number of hydrogen-bond donors (Lipinski definition) is 0. The first-order valence-electron chi connectivity index (χ1n) is 28.7. The number of carbonyl (C=O) groups is 3. The van der Waals surface area contributed by atoms with Crippen LogP contribution in [0.15, 0.2) is 97.2 Å². The van der Waals surface area contributed by atoms with Crippen LogP contribution in [-0.4, -0.2) is 37.2 Å². The van der Waals surface area contributed by atoms with Crippen LogP contribution in [0.25, 0.3) is 0 Å². The molecule has 1 unspecified atom stereocenters. The molecule has 0 bridgehead atoms. The minimum atomic E-state index is -0.786. The van der Waals surface area contributed by atoms with Crippen LogP contribution in [-0.2, 0) is 28.6 Å². The highest BCUT2D eigenvalue weighted by atomic mass is 16.6. The van der Waals surface area contributed by atoms with Crippen molar-refractivity contribution in [3.05, 3.63) is 97.2 Å². The van der Waals surface area contributed by atoms with Gasteiger partial charge < -0.3 is 14.2 Å². The molecule has 1 atom stereocenters. The van der Waals surface area contributed by atoms with Crippen molar-refractivity contribution in [3.63, 3.8) is 0 Å². The molecule has 0 aliphatic heterocycles. The highest BCUT2D eigenvalue weighted by molar-refractivity contribution is 5.71. The fourth-order valence-electron chi connectivity index (χ4n) is 7.84. The molecule has 0 radical (unpaired) electrons. The van der Waals surface area contributed by atoms with Crippen LogP contribution in [0.4, 0.5) is 0 Å². The predicted molar refractivity (Wildman–Crippen MR) is 297 cm³/mol. The summed E-state index contributed by atoms with van der Waals surface area (Å²) < 4.78 is 16.8. The molecule has 0 N–H and O–H groups in total. The Kier molecular flexibility index (Phi) is 53.9. The van der Waals surface area contributed by atoms with Crippen LogP contribution >= 0.6 is 0 Å². The Morgan fingerprint density at radius 2 is 0.565 bits per heavy atom. The third-order valence-corrected chi connectivity index (χ3v) is 12.1. The average molecular weight is 960 g/mol. The minimum Gasteiger partial charge on any atom is -0.462 e. The van der Waals surface area contributed by atoms with Crippen molar-refractivity contribution in [2.24, 2.45) is 0 Å². The molecule has 0 aromatic rings. The molecule has 6 nitrogen and oxygen atoms in total. The van der Waals surface area contributed by atoms with Crippen LogP contribution in [0.5, 0.6) is 0 Å². The number of allylic oxidation sites excluding steroid dienone is 16. The van der Waals surface area contributed by atoms with E-state index in [1.807, 2.05) is 0 Å². The lowest BCUT2D eigenvalue weighted by Crippen LogP contribution is -2.30. The molecule has 0 aromatic heterocycles. The Labute approximate surface area is 426 Å². The maximum atomic E-state index is 12.8. The fourth-order valence-corrected chi connectivity index (χ4v) is 7.84. The zero-order valence-corrected chi connectivity index (χ0v) is 45.0. The van der Waals surface area contributed by atoms with E-state index in [1.54, 1.807) is 0 Å². The van der Waals surface area contributed by atoms with Crippen molar-refractivity contribution in [1.82, 2.24) is 0 Å². The molecule has 0 heterocycles. The summed E-state index contributed by atoms with van der Waals surface area (Å²) >= 11 is 0. The monoisotopic (exact) mass is 959 g/mol. The predicted octanol–water partition coefficient (Wildman–Crippen LogP) is 19.3. The smallest absolute Gasteiger partial charge is 0.306 e. The maximum absolute atomic E-state index is 12.8. The third kappa shape index (κ3) is 55.1. The lowest BCUT2D eigenvalue weighted by Gasteiger charge is -2.18.